The molecule has 1 fully saturated rings. The van der Waals surface area contributed by atoms with Gasteiger partial charge in [0.2, 0.25) is 5.91 Å². The fourth-order valence-electron chi connectivity index (χ4n) is 3.24. The van der Waals surface area contributed by atoms with Crippen LogP contribution in [-0.4, -0.2) is 44.7 Å². The molecule has 158 valence electrons. The van der Waals surface area contributed by atoms with Crippen molar-refractivity contribution in [2.45, 2.75) is 57.6 Å². The number of carbonyl (C=O) groups excluding carboxylic acids is 1. The van der Waals surface area contributed by atoms with Crippen molar-refractivity contribution in [2.75, 3.05) is 26.7 Å². The van der Waals surface area contributed by atoms with Crippen molar-refractivity contribution in [3.63, 3.8) is 0 Å². The molecule has 0 radical (unpaired) electrons. The third-order valence-electron chi connectivity index (χ3n) is 4.84. The molecule has 1 aliphatic carbocycles. The predicted molar refractivity (Wildman–Crippen MR) is 125 cm³/mol. The summed E-state index contributed by atoms with van der Waals surface area (Å²) in [5.41, 5.74) is 1.19. The molecule has 0 spiro atoms. The highest BCUT2D eigenvalue weighted by Gasteiger charge is 2.16. The summed E-state index contributed by atoms with van der Waals surface area (Å²) in [6, 6.07) is 10.6. The van der Waals surface area contributed by atoms with Crippen LogP contribution in [0, 0.1) is 0 Å². The van der Waals surface area contributed by atoms with E-state index in [1.54, 1.807) is 7.05 Å². The van der Waals surface area contributed by atoms with Gasteiger partial charge in [-0.2, -0.15) is 0 Å². The van der Waals surface area contributed by atoms with Crippen LogP contribution < -0.4 is 16.0 Å². The maximum Gasteiger partial charge on any atom is 0.221 e. The smallest absolute Gasteiger partial charge is 0.221 e. The Morgan fingerprint density at radius 2 is 1.86 bits per heavy atom. The minimum atomic E-state index is 0. The summed E-state index contributed by atoms with van der Waals surface area (Å²) in [6.45, 7) is 4.11. The maximum atomic E-state index is 11.9. The summed E-state index contributed by atoms with van der Waals surface area (Å²) < 4.78 is 5.87. The van der Waals surface area contributed by atoms with E-state index in [9.17, 15) is 4.79 Å². The second kappa shape index (κ2) is 14.6. The van der Waals surface area contributed by atoms with Gasteiger partial charge in [-0.3, -0.25) is 9.79 Å². The molecule has 7 heteroatoms. The number of halogens is 1. The highest BCUT2D eigenvalue weighted by atomic mass is 127. The number of amides is 1. The first kappa shape index (κ1) is 24.7. The van der Waals surface area contributed by atoms with Crippen LogP contribution in [0.2, 0.25) is 0 Å². The SMILES string of the molecule is CN=C(NCCCOC(C)c1ccccc1)NCCC(=O)NC1CCCC1.I. The van der Waals surface area contributed by atoms with Gasteiger partial charge in [0.1, 0.15) is 0 Å². The number of carbonyl (C=O) groups is 1. The summed E-state index contributed by atoms with van der Waals surface area (Å²) in [5.74, 6) is 0.841. The molecule has 0 heterocycles. The van der Waals surface area contributed by atoms with E-state index in [4.69, 9.17) is 4.74 Å². The number of aliphatic imine (C=N–C) groups is 1. The van der Waals surface area contributed by atoms with Crippen LogP contribution >= 0.6 is 24.0 Å². The van der Waals surface area contributed by atoms with E-state index in [0.29, 0.717) is 25.6 Å². The quantitative estimate of drug-likeness (QED) is 0.199. The van der Waals surface area contributed by atoms with Gasteiger partial charge < -0.3 is 20.7 Å². The second-order valence-electron chi connectivity index (χ2n) is 7.00. The van der Waals surface area contributed by atoms with Crippen molar-refractivity contribution in [2.24, 2.45) is 4.99 Å². The highest BCUT2D eigenvalue weighted by molar-refractivity contribution is 14.0. The lowest BCUT2D eigenvalue weighted by Gasteiger charge is -2.15. The Morgan fingerprint density at radius 1 is 1.18 bits per heavy atom. The van der Waals surface area contributed by atoms with Gasteiger partial charge in [-0.05, 0) is 31.7 Å². The van der Waals surface area contributed by atoms with Crippen molar-refractivity contribution >= 4 is 35.8 Å². The van der Waals surface area contributed by atoms with Crippen molar-refractivity contribution in [3.05, 3.63) is 35.9 Å². The van der Waals surface area contributed by atoms with E-state index >= 15 is 0 Å². The minimum Gasteiger partial charge on any atom is -0.374 e. The zero-order chi connectivity index (χ0) is 19.3. The van der Waals surface area contributed by atoms with Crippen LogP contribution in [0.15, 0.2) is 35.3 Å². The Balaban J connectivity index is 0.00000392. The number of hydrogen-bond acceptors (Lipinski definition) is 3. The molecule has 0 saturated heterocycles. The topological polar surface area (TPSA) is 74.8 Å². The van der Waals surface area contributed by atoms with Gasteiger partial charge in [-0.1, -0.05) is 43.2 Å². The normalized spacial score (nSPS) is 15.6. The Kier molecular flexibility index (Phi) is 12.9. The molecule has 1 saturated carbocycles. The lowest BCUT2D eigenvalue weighted by molar-refractivity contribution is -0.121. The molecule has 2 rings (SSSR count). The fourth-order valence-corrected chi connectivity index (χ4v) is 3.24. The number of ether oxygens (including phenoxy) is 1. The molecule has 1 unspecified atom stereocenters. The van der Waals surface area contributed by atoms with E-state index in [1.165, 1.54) is 18.4 Å². The third kappa shape index (κ3) is 9.73. The first-order chi connectivity index (χ1) is 13.2. The minimum absolute atomic E-state index is 0. The monoisotopic (exact) mass is 502 g/mol. The Hall–Kier alpha value is -1.35. The van der Waals surface area contributed by atoms with Gasteiger partial charge in [0.25, 0.3) is 0 Å². The van der Waals surface area contributed by atoms with Crippen LogP contribution in [0.5, 0.6) is 0 Å². The average molecular weight is 502 g/mol. The molecule has 6 nitrogen and oxygen atoms in total. The highest BCUT2D eigenvalue weighted by Crippen LogP contribution is 2.17. The summed E-state index contributed by atoms with van der Waals surface area (Å²) in [5, 5.41) is 9.54. The van der Waals surface area contributed by atoms with Gasteiger partial charge in [0.15, 0.2) is 5.96 Å². The Morgan fingerprint density at radius 3 is 2.54 bits per heavy atom. The number of guanidine groups is 1. The van der Waals surface area contributed by atoms with Crippen LogP contribution in [0.25, 0.3) is 0 Å². The van der Waals surface area contributed by atoms with Crippen molar-refractivity contribution in [3.8, 4) is 0 Å². The molecular formula is C21H35IN4O2. The molecule has 0 aromatic heterocycles. The van der Waals surface area contributed by atoms with E-state index in [2.05, 4.69) is 40.0 Å². The molecule has 28 heavy (non-hydrogen) atoms. The first-order valence-corrected chi connectivity index (χ1v) is 10.1. The maximum absolute atomic E-state index is 11.9. The largest absolute Gasteiger partial charge is 0.374 e. The van der Waals surface area contributed by atoms with Gasteiger partial charge in [0.05, 0.1) is 6.10 Å². The number of nitrogens with one attached hydrogen (secondary N) is 3. The van der Waals surface area contributed by atoms with Crippen molar-refractivity contribution in [1.82, 2.24) is 16.0 Å². The first-order valence-electron chi connectivity index (χ1n) is 10.1. The van der Waals surface area contributed by atoms with Gasteiger partial charge in [-0.25, -0.2) is 0 Å². The van der Waals surface area contributed by atoms with Gasteiger partial charge in [0, 0.05) is 39.2 Å². The summed E-state index contributed by atoms with van der Waals surface area (Å²) in [6.07, 6.45) is 6.15. The summed E-state index contributed by atoms with van der Waals surface area (Å²) >= 11 is 0. The molecule has 1 atom stereocenters. The molecule has 1 aromatic carbocycles. The average Bonchev–Trinajstić information content (AvgIpc) is 3.19. The lowest BCUT2D eigenvalue weighted by atomic mass is 10.1. The standard InChI is InChI=1S/C21H34N4O2.HI/c1-17(18-9-4-3-5-10-18)27-16-8-14-23-21(22-2)24-15-13-20(26)25-19-11-6-7-12-19;/h3-5,9-10,17,19H,6-8,11-16H2,1-2H3,(H,25,26)(H2,22,23,24);1H. The number of hydrogen-bond donors (Lipinski definition) is 3. The zero-order valence-electron chi connectivity index (χ0n) is 17.1. The molecule has 3 N–H and O–H groups in total. The van der Waals surface area contributed by atoms with E-state index in [0.717, 1.165) is 31.8 Å². The van der Waals surface area contributed by atoms with Crippen LogP contribution in [-0.2, 0) is 9.53 Å². The Labute approximate surface area is 186 Å². The summed E-state index contributed by atoms with van der Waals surface area (Å²) in [4.78, 5) is 16.1. The van der Waals surface area contributed by atoms with E-state index in [1.807, 2.05) is 18.2 Å². The predicted octanol–water partition coefficient (Wildman–Crippen LogP) is 3.39. The van der Waals surface area contributed by atoms with Crippen molar-refractivity contribution < 1.29 is 9.53 Å². The van der Waals surface area contributed by atoms with Gasteiger partial charge >= 0.3 is 0 Å². The fraction of sp³-hybridized carbons (Fsp3) is 0.619. The number of benzene rings is 1. The Bertz CT molecular complexity index is 577. The van der Waals surface area contributed by atoms with E-state index < -0.39 is 0 Å². The summed E-state index contributed by atoms with van der Waals surface area (Å²) in [7, 11) is 1.74. The molecule has 1 amide bonds. The van der Waals surface area contributed by atoms with Gasteiger partial charge in [-0.15, -0.1) is 24.0 Å². The number of rotatable bonds is 10. The zero-order valence-corrected chi connectivity index (χ0v) is 19.4. The van der Waals surface area contributed by atoms with Crippen LogP contribution in [0.1, 0.15) is 57.1 Å². The molecule has 0 aliphatic heterocycles. The van der Waals surface area contributed by atoms with Crippen molar-refractivity contribution in [1.29, 1.82) is 0 Å². The molecular weight excluding hydrogens is 467 g/mol. The van der Waals surface area contributed by atoms with Crippen LogP contribution in [0.4, 0.5) is 0 Å². The van der Waals surface area contributed by atoms with Crippen LogP contribution in [0.3, 0.4) is 0 Å². The molecule has 1 aromatic rings. The second-order valence-corrected chi connectivity index (χ2v) is 7.00. The van der Waals surface area contributed by atoms with E-state index in [-0.39, 0.29) is 36.0 Å². The molecule has 0 bridgehead atoms. The lowest BCUT2D eigenvalue weighted by Crippen LogP contribution is -2.40. The number of nitrogens with zero attached hydrogens (tertiary/aromatic N) is 1. The molecule has 1 aliphatic rings. The third-order valence-corrected chi connectivity index (χ3v) is 4.84.